The van der Waals surface area contributed by atoms with Crippen LogP contribution in [0.1, 0.15) is 19.4 Å². The first kappa shape index (κ1) is 20.3. The van der Waals surface area contributed by atoms with Gasteiger partial charge in [-0.3, -0.25) is 9.59 Å². The van der Waals surface area contributed by atoms with Gasteiger partial charge in [0.25, 0.3) is 5.91 Å². The van der Waals surface area contributed by atoms with E-state index in [9.17, 15) is 9.59 Å². The molecule has 1 aliphatic rings. The molecule has 7 nitrogen and oxygen atoms in total. The summed E-state index contributed by atoms with van der Waals surface area (Å²) in [6, 6.07) is 10.6. The lowest BCUT2D eigenvalue weighted by Crippen LogP contribution is -2.44. The molecular weight excluding hydrogens is 372 g/mol. The average Bonchev–Trinajstić information content (AvgIpc) is 2.73. The van der Waals surface area contributed by atoms with Gasteiger partial charge in [-0.1, -0.05) is 6.07 Å². The molecule has 2 aromatic rings. The molecule has 0 bridgehead atoms. The zero-order valence-corrected chi connectivity index (χ0v) is 16.9. The molecule has 0 aliphatic carbocycles. The summed E-state index contributed by atoms with van der Waals surface area (Å²) >= 11 is 0. The van der Waals surface area contributed by atoms with Crippen molar-refractivity contribution in [2.24, 2.45) is 0 Å². The Kier molecular flexibility index (Phi) is 6.07. The molecule has 0 fully saturated rings. The SMILES string of the molecule is CCN1C(=O)C(C)Oc2cc(NC(=O)/C=C/c3ccc(OC)c(OC)c3)ccc21. The Hall–Kier alpha value is -3.48. The fraction of sp³-hybridized carbons (Fsp3) is 0.273. The predicted molar refractivity (Wildman–Crippen MR) is 112 cm³/mol. The molecule has 152 valence electrons. The average molecular weight is 396 g/mol. The zero-order chi connectivity index (χ0) is 21.0. The van der Waals surface area contributed by atoms with E-state index in [1.54, 1.807) is 62.5 Å². The minimum Gasteiger partial charge on any atom is -0.493 e. The number of anilines is 2. The van der Waals surface area contributed by atoms with Crippen LogP contribution in [-0.2, 0) is 9.59 Å². The van der Waals surface area contributed by atoms with Crippen LogP contribution in [0.2, 0.25) is 0 Å². The normalized spacial score (nSPS) is 15.7. The third-order valence-corrected chi connectivity index (χ3v) is 4.59. The Bertz CT molecular complexity index is 954. The lowest BCUT2D eigenvalue weighted by molar-refractivity contribution is -0.125. The van der Waals surface area contributed by atoms with Crippen LogP contribution in [0.3, 0.4) is 0 Å². The van der Waals surface area contributed by atoms with Crippen LogP contribution in [0.5, 0.6) is 17.2 Å². The van der Waals surface area contributed by atoms with Gasteiger partial charge in [0.2, 0.25) is 5.91 Å². The van der Waals surface area contributed by atoms with Crippen molar-refractivity contribution in [3.8, 4) is 17.2 Å². The fourth-order valence-electron chi connectivity index (χ4n) is 3.13. The molecule has 0 saturated heterocycles. The van der Waals surface area contributed by atoms with Crippen LogP contribution in [0.25, 0.3) is 6.08 Å². The van der Waals surface area contributed by atoms with Crippen molar-refractivity contribution < 1.29 is 23.8 Å². The highest BCUT2D eigenvalue weighted by Gasteiger charge is 2.30. The van der Waals surface area contributed by atoms with Crippen LogP contribution in [0, 0.1) is 0 Å². The van der Waals surface area contributed by atoms with Gasteiger partial charge in [-0.2, -0.15) is 0 Å². The number of benzene rings is 2. The summed E-state index contributed by atoms with van der Waals surface area (Å²) in [5, 5.41) is 2.81. The number of fused-ring (bicyclic) bond motifs is 1. The maximum Gasteiger partial charge on any atom is 0.267 e. The van der Waals surface area contributed by atoms with E-state index in [4.69, 9.17) is 14.2 Å². The predicted octanol–water partition coefficient (Wildman–Crippen LogP) is 3.49. The van der Waals surface area contributed by atoms with Gasteiger partial charge in [0.1, 0.15) is 5.75 Å². The van der Waals surface area contributed by atoms with Gasteiger partial charge in [-0.05, 0) is 49.8 Å². The van der Waals surface area contributed by atoms with Crippen molar-refractivity contribution in [1.29, 1.82) is 0 Å². The smallest absolute Gasteiger partial charge is 0.267 e. The Morgan fingerprint density at radius 2 is 1.93 bits per heavy atom. The van der Waals surface area contributed by atoms with Crippen LogP contribution in [0.4, 0.5) is 11.4 Å². The highest BCUT2D eigenvalue weighted by atomic mass is 16.5. The fourth-order valence-corrected chi connectivity index (χ4v) is 3.13. The second-order valence-corrected chi connectivity index (χ2v) is 6.46. The molecule has 1 aliphatic heterocycles. The van der Waals surface area contributed by atoms with Crippen molar-refractivity contribution in [1.82, 2.24) is 0 Å². The number of carbonyl (C=O) groups is 2. The molecule has 0 aromatic heterocycles. The molecular formula is C22H24N2O5. The van der Waals surface area contributed by atoms with Crippen LogP contribution in [0.15, 0.2) is 42.5 Å². The van der Waals surface area contributed by atoms with E-state index in [0.717, 1.165) is 5.56 Å². The number of carbonyl (C=O) groups excluding carboxylic acids is 2. The van der Waals surface area contributed by atoms with Gasteiger partial charge >= 0.3 is 0 Å². The highest BCUT2D eigenvalue weighted by Crippen LogP contribution is 2.36. The standard InChI is InChI=1S/C22H24N2O5/c1-5-24-17-9-8-16(13-19(17)29-14(2)22(24)26)23-21(25)11-7-15-6-10-18(27-3)20(12-15)28-4/h6-14H,5H2,1-4H3,(H,23,25)/b11-7+. The van der Waals surface area contributed by atoms with Crippen LogP contribution < -0.4 is 24.4 Å². The van der Waals surface area contributed by atoms with Gasteiger partial charge in [-0.15, -0.1) is 0 Å². The molecule has 1 heterocycles. The lowest BCUT2D eigenvalue weighted by atomic mass is 10.1. The summed E-state index contributed by atoms with van der Waals surface area (Å²) in [6.45, 7) is 4.18. The summed E-state index contributed by atoms with van der Waals surface area (Å²) in [7, 11) is 3.13. The number of nitrogens with zero attached hydrogens (tertiary/aromatic N) is 1. The van der Waals surface area contributed by atoms with Crippen molar-refractivity contribution in [3.05, 3.63) is 48.0 Å². The summed E-state index contributed by atoms with van der Waals surface area (Å²) in [5.41, 5.74) is 2.09. The zero-order valence-electron chi connectivity index (χ0n) is 16.9. The van der Waals surface area contributed by atoms with Crippen molar-refractivity contribution in [3.63, 3.8) is 0 Å². The van der Waals surface area contributed by atoms with E-state index in [1.807, 2.05) is 13.0 Å². The van der Waals surface area contributed by atoms with Gasteiger partial charge in [0.05, 0.1) is 19.9 Å². The van der Waals surface area contributed by atoms with Crippen LogP contribution in [-0.4, -0.2) is 38.7 Å². The molecule has 1 N–H and O–H groups in total. The molecule has 7 heteroatoms. The molecule has 0 radical (unpaired) electrons. The first-order chi connectivity index (χ1) is 14.0. The largest absolute Gasteiger partial charge is 0.493 e. The second-order valence-electron chi connectivity index (χ2n) is 6.46. The highest BCUT2D eigenvalue weighted by molar-refractivity contribution is 6.03. The molecule has 1 atom stereocenters. The molecule has 3 rings (SSSR count). The van der Waals surface area contributed by atoms with Crippen molar-refractivity contribution in [2.75, 3.05) is 31.0 Å². The van der Waals surface area contributed by atoms with E-state index < -0.39 is 6.10 Å². The third-order valence-electron chi connectivity index (χ3n) is 4.59. The number of ether oxygens (including phenoxy) is 3. The van der Waals surface area contributed by atoms with Crippen molar-refractivity contribution >= 4 is 29.3 Å². The maximum atomic E-state index is 12.3. The van der Waals surface area contributed by atoms with E-state index in [2.05, 4.69) is 5.32 Å². The summed E-state index contributed by atoms with van der Waals surface area (Å²) in [4.78, 5) is 26.2. The number of hydrogen-bond donors (Lipinski definition) is 1. The maximum absolute atomic E-state index is 12.3. The molecule has 29 heavy (non-hydrogen) atoms. The molecule has 0 saturated carbocycles. The number of hydrogen-bond acceptors (Lipinski definition) is 5. The topological polar surface area (TPSA) is 77.1 Å². The third kappa shape index (κ3) is 4.34. The molecule has 2 aromatic carbocycles. The number of nitrogens with one attached hydrogen (secondary N) is 1. The van der Waals surface area contributed by atoms with E-state index in [-0.39, 0.29) is 11.8 Å². The number of methoxy groups -OCH3 is 2. The number of rotatable bonds is 6. The lowest BCUT2D eigenvalue weighted by Gasteiger charge is -2.32. The number of amides is 2. The monoisotopic (exact) mass is 396 g/mol. The van der Waals surface area contributed by atoms with Gasteiger partial charge in [0.15, 0.2) is 17.6 Å². The minimum absolute atomic E-state index is 0.0744. The Balaban J connectivity index is 1.72. The summed E-state index contributed by atoms with van der Waals surface area (Å²) in [5.74, 6) is 1.42. The summed E-state index contributed by atoms with van der Waals surface area (Å²) < 4.78 is 16.2. The Labute approximate surface area is 169 Å². The second kappa shape index (κ2) is 8.68. The van der Waals surface area contributed by atoms with Crippen molar-refractivity contribution in [2.45, 2.75) is 20.0 Å². The van der Waals surface area contributed by atoms with Gasteiger partial charge < -0.3 is 24.4 Å². The summed E-state index contributed by atoms with van der Waals surface area (Å²) in [6.07, 6.45) is 2.57. The van der Waals surface area contributed by atoms with E-state index in [0.29, 0.717) is 35.2 Å². The number of likely N-dealkylation sites (N-methyl/N-ethyl adjacent to an activating group) is 1. The molecule has 1 unspecified atom stereocenters. The first-order valence-electron chi connectivity index (χ1n) is 9.30. The van der Waals surface area contributed by atoms with Gasteiger partial charge in [-0.25, -0.2) is 0 Å². The quantitative estimate of drug-likeness (QED) is 0.757. The molecule has 0 spiro atoms. The minimum atomic E-state index is -0.557. The van der Waals surface area contributed by atoms with Gasteiger partial charge in [0, 0.05) is 24.4 Å². The van der Waals surface area contributed by atoms with E-state index >= 15 is 0 Å². The molecule has 2 amide bonds. The van der Waals surface area contributed by atoms with Crippen LogP contribution >= 0.6 is 0 Å². The Morgan fingerprint density at radius 1 is 1.17 bits per heavy atom. The first-order valence-corrected chi connectivity index (χ1v) is 9.30. The Morgan fingerprint density at radius 3 is 2.62 bits per heavy atom. The van der Waals surface area contributed by atoms with E-state index in [1.165, 1.54) is 6.08 Å².